The van der Waals surface area contributed by atoms with Crippen molar-refractivity contribution < 1.29 is 9.53 Å². The average Bonchev–Trinajstić information content (AvgIpc) is 2.46. The molecule has 0 saturated heterocycles. The fraction of sp³-hybridized carbons (Fsp3) is 0.250. The molecule has 0 saturated carbocycles. The monoisotopic (exact) mass is 304 g/mol. The van der Waals surface area contributed by atoms with Gasteiger partial charge in [-0.25, -0.2) is 0 Å². The van der Waals surface area contributed by atoms with Crippen LogP contribution in [0.2, 0.25) is 5.02 Å². The maximum atomic E-state index is 11.7. The van der Waals surface area contributed by atoms with Gasteiger partial charge < -0.3 is 10.1 Å². The first kappa shape index (κ1) is 15.3. The van der Waals surface area contributed by atoms with Gasteiger partial charge in [0.05, 0.1) is 6.61 Å². The summed E-state index contributed by atoms with van der Waals surface area (Å²) in [5.41, 5.74) is 1.74. The molecule has 0 atom stereocenters. The lowest BCUT2D eigenvalue weighted by molar-refractivity contribution is -0.116. The van der Waals surface area contributed by atoms with Crippen LogP contribution in [0.5, 0.6) is 5.75 Å². The Bertz CT molecular complexity index is 602. The van der Waals surface area contributed by atoms with Crippen LogP contribution in [0.15, 0.2) is 42.7 Å². The number of nitrogens with zero attached hydrogens (tertiary/aromatic N) is 1. The van der Waals surface area contributed by atoms with Gasteiger partial charge in [-0.2, -0.15) is 0 Å². The van der Waals surface area contributed by atoms with Gasteiger partial charge in [-0.05, 0) is 49.2 Å². The van der Waals surface area contributed by atoms with Crippen LogP contribution in [0.1, 0.15) is 18.4 Å². The Morgan fingerprint density at radius 1 is 1.29 bits per heavy atom. The molecule has 1 aromatic carbocycles. The Morgan fingerprint density at radius 2 is 2.05 bits per heavy atom. The topological polar surface area (TPSA) is 51.2 Å². The number of hydrogen-bond donors (Lipinski definition) is 1. The van der Waals surface area contributed by atoms with Gasteiger partial charge in [0.15, 0.2) is 0 Å². The minimum atomic E-state index is -0.0300. The van der Waals surface area contributed by atoms with Gasteiger partial charge in [0.2, 0.25) is 5.91 Å². The number of rotatable bonds is 6. The number of benzene rings is 1. The molecule has 2 rings (SSSR count). The summed E-state index contributed by atoms with van der Waals surface area (Å²) in [5, 5.41) is 3.50. The lowest BCUT2D eigenvalue weighted by atomic mass is 10.2. The molecule has 0 fully saturated rings. The van der Waals surface area contributed by atoms with Crippen molar-refractivity contribution in [3.8, 4) is 5.75 Å². The molecule has 0 aliphatic rings. The van der Waals surface area contributed by atoms with Crippen molar-refractivity contribution in [3.63, 3.8) is 0 Å². The molecule has 0 aliphatic heterocycles. The van der Waals surface area contributed by atoms with Crippen molar-refractivity contribution >= 4 is 23.2 Å². The highest BCUT2D eigenvalue weighted by Crippen LogP contribution is 2.21. The van der Waals surface area contributed by atoms with E-state index >= 15 is 0 Å². The van der Waals surface area contributed by atoms with Gasteiger partial charge in [-0.1, -0.05) is 11.6 Å². The van der Waals surface area contributed by atoms with E-state index in [0.717, 1.165) is 17.0 Å². The van der Waals surface area contributed by atoms with Gasteiger partial charge in [0.1, 0.15) is 5.75 Å². The fourth-order valence-electron chi connectivity index (χ4n) is 1.85. The number of carbonyl (C=O) groups is 1. The summed E-state index contributed by atoms with van der Waals surface area (Å²) >= 11 is 5.88. The quantitative estimate of drug-likeness (QED) is 0.825. The highest BCUT2D eigenvalue weighted by atomic mass is 35.5. The van der Waals surface area contributed by atoms with Crippen molar-refractivity contribution in [1.29, 1.82) is 0 Å². The van der Waals surface area contributed by atoms with E-state index in [1.807, 2.05) is 19.1 Å². The molecule has 110 valence electrons. The van der Waals surface area contributed by atoms with Gasteiger partial charge in [0, 0.05) is 29.5 Å². The van der Waals surface area contributed by atoms with Crippen LogP contribution in [0.4, 0.5) is 5.69 Å². The molecule has 0 aliphatic carbocycles. The average molecular weight is 305 g/mol. The number of aryl methyl sites for hydroxylation is 1. The number of aromatic nitrogens is 1. The molecule has 0 bridgehead atoms. The molecular formula is C16H17ClN2O2. The lowest BCUT2D eigenvalue weighted by Crippen LogP contribution is -2.12. The molecule has 1 N–H and O–H groups in total. The third-order valence-corrected chi connectivity index (χ3v) is 3.14. The highest BCUT2D eigenvalue weighted by molar-refractivity contribution is 6.30. The second kappa shape index (κ2) is 7.64. The highest BCUT2D eigenvalue weighted by Gasteiger charge is 2.04. The molecule has 1 amide bonds. The minimum absolute atomic E-state index is 0.0300. The van der Waals surface area contributed by atoms with E-state index < -0.39 is 0 Å². The Hall–Kier alpha value is -2.07. The lowest BCUT2D eigenvalue weighted by Gasteiger charge is -2.09. The first-order valence-electron chi connectivity index (χ1n) is 6.74. The van der Waals surface area contributed by atoms with E-state index in [1.54, 1.807) is 30.6 Å². The van der Waals surface area contributed by atoms with E-state index in [-0.39, 0.29) is 5.91 Å². The SMILES string of the molecule is Cc1cc(Cl)ccc1OCCCC(=O)Nc1ccncc1. The zero-order valence-corrected chi connectivity index (χ0v) is 12.6. The number of hydrogen-bond acceptors (Lipinski definition) is 3. The normalized spacial score (nSPS) is 10.2. The Labute approximate surface area is 129 Å². The van der Waals surface area contributed by atoms with Gasteiger partial charge in [-0.3, -0.25) is 9.78 Å². The van der Waals surface area contributed by atoms with Crippen molar-refractivity contribution in [3.05, 3.63) is 53.3 Å². The number of anilines is 1. The van der Waals surface area contributed by atoms with Crippen molar-refractivity contribution in [1.82, 2.24) is 4.98 Å². The van der Waals surface area contributed by atoms with Crippen molar-refractivity contribution in [2.24, 2.45) is 0 Å². The molecule has 4 nitrogen and oxygen atoms in total. The number of pyridine rings is 1. The zero-order chi connectivity index (χ0) is 15.1. The summed E-state index contributed by atoms with van der Waals surface area (Å²) in [5.74, 6) is 0.770. The first-order chi connectivity index (χ1) is 10.1. The number of halogens is 1. The summed E-state index contributed by atoms with van der Waals surface area (Å²) in [6.07, 6.45) is 4.35. The summed E-state index contributed by atoms with van der Waals surface area (Å²) in [6, 6.07) is 9.00. The van der Waals surface area contributed by atoms with Crippen LogP contribution >= 0.6 is 11.6 Å². The van der Waals surface area contributed by atoms with Crippen LogP contribution in [0, 0.1) is 6.92 Å². The summed E-state index contributed by atoms with van der Waals surface area (Å²) in [7, 11) is 0. The Morgan fingerprint density at radius 3 is 2.76 bits per heavy atom. The van der Waals surface area contributed by atoms with Crippen LogP contribution in [0.3, 0.4) is 0 Å². The molecule has 1 aromatic heterocycles. The molecule has 2 aromatic rings. The summed E-state index contributed by atoms with van der Waals surface area (Å²) < 4.78 is 5.64. The van der Waals surface area contributed by atoms with Gasteiger partial charge in [-0.15, -0.1) is 0 Å². The Kier molecular flexibility index (Phi) is 5.58. The second-order valence-corrected chi connectivity index (χ2v) is 5.08. The second-order valence-electron chi connectivity index (χ2n) is 4.65. The van der Waals surface area contributed by atoms with E-state index in [4.69, 9.17) is 16.3 Å². The van der Waals surface area contributed by atoms with E-state index in [2.05, 4.69) is 10.3 Å². The predicted molar refractivity (Wildman–Crippen MR) is 83.8 cm³/mol. The van der Waals surface area contributed by atoms with Gasteiger partial charge in [0.25, 0.3) is 0 Å². The molecule has 5 heteroatoms. The van der Waals surface area contributed by atoms with Crippen LogP contribution < -0.4 is 10.1 Å². The first-order valence-corrected chi connectivity index (χ1v) is 7.12. The third-order valence-electron chi connectivity index (χ3n) is 2.91. The largest absolute Gasteiger partial charge is 0.493 e. The van der Waals surface area contributed by atoms with E-state index in [9.17, 15) is 4.79 Å². The molecular weight excluding hydrogens is 288 g/mol. The third kappa shape index (κ3) is 5.08. The minimum Gasteiger partial charge on any atom is -0.493 e. The molecule has 0 unspecified atom stereocenters. The number of ether oxygens (including phenoxy) is 1. The maximum absolute atomic E-state index is 11.7. The van der Waals surface area contributed by atoms with E-state index in [1.165, 1.54) is 0 Å². The summed E-state index contributed by atoms with van der Waals surface area (Å²) in [4.78, 5) is 15.6. The smallest absolute Gasteiger partial charge is 0.224 e. The molecule has 21 heavy (non-hydrogen) atoms. The Balaban J connectivity index is 1.71. The van der Waals surface area contributed by atoms with Crippen LogP contribution in [-0.4, -0.2) is 17.5 Å². The number of nitrogens with one attached hydrogen (secondary N) is 1. The summed E-state index contributed by atoms with van der Waals surface area (Å²) in [6.45, 7) is 2.43. The van der Waals surface area contributed by atoms with Crippen LogP contribution in [-0.2, 0) is 4.79 Å². The number of carbonyl (C=O) groups excluding carboxylic acids is 1. The molecule has 0 radical (unpaired) electrons. The van der Waals surface area contributed by atoms with E-state index in [0.29, 0.717) is 24.5 Å². The van der Waals surface area contributed by atoms with Crippen molar-refractivity contribution in [2.75, 3.05) is 11.9 Å². The fourth-order valence-corrected chi connectivity index (χ4v) is 2.08. The van der Waals surface area contributed by atoms with Crippen molar-refractivity contribution in [2.45, 2.75) is 19.8 Å². The standard InChI is InChI=1S/C16H17ClN2O2/c1-12-11-13(17)4-5-15(12)21-10-2-3-16(20)19-14-6-8-18-9-7-14/h4-9,11H,2-3,10H2,1H3,(H,18,19,20). The van der Waals surface area contributed by atoms with Crippen LogP contribution in [0.25, 0.3) is 0 Å². The molecule has 1 heterocycles. The predicted octanol–water partition coefficient (Wildman–Crippen LogP) is 3.84. The van der Waals surface area contributed by atoms with Gasteiger partial charge >= 0.3 is 0 Å². The number of amides is 1. The molecule has 0 spiro atoms. The maximum Gasteiger partial charge on any atom is 0.224 e. The zero-order valence-electron chi connectivity index (χ0n) is 11.8.